The first-order valence-electron chi connectivity index (χ1n) is 11.1. The van der Waals surface area contributed by atoms with E-state index in [1.165, 1.54) is 12.1 Å². The molecule has 0 fully saturated rings. The van der Waals surface area contributed by atoms with Gasteiger partial charge in [-0.2, -0.15) is 0 Å². The molecule has 36 heavy (non-hydrogen) atoms. The maximum Gasteiger partial charge on any atom is 0.266 e. The van der Waals surface area contributed by atoms with Crippen LogP contribution in [0.2, 0.25) is 0 Å². The smallest absolute Gasteiger partial charge is 0.266 e. The van der Waals surface area contributed by atoms with E-state index < -0.39 is 17.7 Å². The Morgan fingerprint density at radius 1 is 0.611 bits per heavy atom. The molecule has 1 aliphatic heterocycles. The predicted molar refractivity (Wildman–Crippen MR) is 137 cm³/mol. The minimum absolute atomic E-state index is 0.170. The molecule has 1 aliphatic rings. The molecule has 0 aromatic heterocycles. The number of nitrogens with two attached hydrogens (primary N) is 1. The number of carbonyl (C=O) groups excluding carboxylic acids is 4. The first-order valence-corrected chi connectivity index (χ1v) is 11.1. The number of fused-ring (bicyclic) bond motifs is 1. The van der Waals surface area contributed by atoms with Crippen LogP contribution >= 0.6 is 0 Å². The van der Waals surface area contributed by atoms with E-state index in [-0.39, 0.29) is 17.0 Å². The Bertz CT molecular complexity index is 1530. The van der Waals surface area contributed by atoms with E-state index in [2.05, 4.69) is 10.6 Å². The SMILES string of the molecule is Nc1cccc(C(=O)Nc2ccc3c(c2)C(=O)N(c2cccc(NC(=O)c4ccccc4)c2)C3=O)c1. The zero-order chi connectivity index (χ0) is 25.2. The first-order chi connectivity index (χ1) is 17.4. The third kappa shape index (κ3) is 4.30. The number of amides is 4. The van der Waals surface area contributed by atoms with Gasteiger partial charge in [0.05, 0.1) is 16.8 Å². The monoisotopic (exact) mass is 476 g/mol. The van der Waals surface area contributed by atoms with Crippen molar-refractivity contribution in [3.63, 3.8) is 0 Å². The fourth-order valence-corrected chi connectivity index (χ4v) is 3.95. The average Bonchev–Trinajstić information content (AvgIpc) is 3.13. The van der Waals surface area contributed by atoms with E-state index in [4.69, 9.17) is 5.73 Å². The van der Waals surface area contributed by atoms with Crippen molar-refractivity contribution in [2.45, 2.75) is 0 Å². The summed E-state index contributed by atoms with van der Waals surface area (Å²) in [6, 6.07) is 26.3. The van der Waals surface area contributed by atoms with Gasteiger partial charge < -0.3 is 16.4 Å². The molecule has 0 saturated carbocycles. The summed E-state index contributed by atoms with van der Waals surface area (Å²) in [5.74, 6) is -1.72. The lowest BCUT2D eigenvalue weighted by Crippen LogP contribution is -2.29. The van der Waals surface area contributed by atoms with Gasteiger partial charge in [0.25, 0.3) is 23.6 Å². The van der Waals surface area contributed by atoms with Crippen LogP contribution in [0.1, 0.15) is 41.4 Å². The van der Waals surface area contributed by atoms with Crippen molar-refractivity contribution in [1.29, 1.82) is 0 Å². The molecule has 0 unspecified atom stereocenters. The van der Waals surface area contributed by atoms with Crippen LogP contribution in [0.4, 0.5) is 22.7 Å². The number of benzene rings is 4. The molecule has 4 aromatic carbocycles. The Hall–Kier alpha value is -5.24. The average molecular weight is 476 g/mol. The number of nitrogens with one attached hydrogen (secondary N) is 2. The Labute approximate surface area is 206 Å². The molecule has 8 heteroatoms. The predicted octanol–water partition coefficient (Wildman–Crippen LogP) is 4.57. The summed E-state index contributed by atoms with van der Waals surface area (Å²) in [4.78, 5) is 52.4. The summed E-state index contributed by atoms with van der Waals surface area (Å²) in [5, 5.41) is 5.51. The van der Waals surface area contributed by atoms with E-state index >= 15 is 0 Å². The number of nitrogens with zero attached hydrogens (tertiary/aromatic N) is 1. The van der Waals surface area contributed by atoms with Crippen molar-refractivity contribution in [2.24, 2.45) is 0 Å². The third-order valence-corrected chi connectivity index (χ3v) is 5.69. The molecule has 0 radical (unpaired) electrons. The fourth-order valence-electron chi connectivity index (χ4n) is 3.95. The van der Waals surface area contributed by atoms with Gasteiger partial charge in [0.15, 0.2) is 0 Å². The quantitative estimate of drug-likeness (QED) is 0.288. The molecule has 4 aromatic rings. The summed E-state index contributed by atoms with van der Waals surface area (Å²) in [6.45, 7) is 0. The number of nitrogen functional groups attached to an aromatic ring is 1. The Balaban J connectivity index is 1.37. The van der Waals surface area contributed by atoms with Crippen LogP contribution < -0.4 is 21.3 Å². The van der Waals surface area contributed by atoms with Crippen molar-refractivity contribution in [2.75, 3.05) is 21.3 Å². The zero-order valence-electron chi connectivity index (χ0n) is 18.9. The molecule has 8 nitrogen and oxygen atoms in total. The van der Waals surface area contributed by atoms with Gasteiger partial charge >= 0.3 is 0 Å². The summed E-state index contributed by atoms with van der Waals surface area (Å²) in [6.07, 6.45) is 0. The van der Waals surface area contributed by atoms with Crippen LogP contribution in [0.5, 0.6) is 0 Å². The van der Waals surface area contributed by atoms with Crippen molar-refractivity contribution in [3.8, 4) is 0 Å². The van der Waals surface area contributed by atoms with Crippen molar-refractivity contribution < 1.29 is 19.2 Å². The Kier molecular flexibility index (Phi) is 5.75. The van der Waals surface area contributed by atoms with Crippen LogP contribution in [0.15, 0.2) is 97.1 Å². The summed E-state index contributed by atoms with van der Waals surface area (Å²) in [5.41, 5.74) is 8.57. The van der Waals surface area contributed by atoms with Gasteiger partial charge in [-0.3, -0.25) is 19.2 Å². The third-order valence-electron chi connectivity index (χ3n) is 5.69. The van der Waals surface area contributed by atoms with Gasteiger partial charge in [0.2, 0.25) is 0 Å². The van der Waals surface area contributed by atoms with Gasteiger partial charge in [-0.25, -0.2) is 4.90 Å². The van der Waals surface area contributed by atoms with Crippen LogP contribution in [0, 0.1) is 0 Å². The molecule has 4 N–H and O–H groups in total. The number of carbonyl (C=O) groups is 4. The van der Waals surface area contributed by atoms with Gasteiger partial charge in [-0.1, -0.05) is 30.3 Å². The molecule has 5 rings (SSSR count). The molecule has 176 valence electrons. The first kappa shape index (κ1) is 22.5. The lowest BCUT2D eigenvalue weighted by Gasteiger charge is -2.15. The second-order valence-corrected chi connectivity index (χ2v) is 8.16. The van der Waals surface area contributed by atoms with Gasteiger partial charge in [0, 0.05) is 28.2 Å². The number of rotatable bonds is 5. The molecule has 0 atom stereocenters. The van der Waals surface area contributed by atoms with Gasteiger partial charge in [-0.05, 0) is 66.7 Å². The molecule has 0 saturated heterocycles. The van der Waals surface area contributed by atoms with Crippen LogP contribution in [0.3, 0.4) is 0 Å². The highest BCUT2D eigenvalue weighted by Crippen LogP contribution is 2.31. The maximum atomic E-state index is 13.2. The normalized spacial score (nSPS) is 12.3. The second kappa shape index (κ2) is 9.19. The highest BCUT2D eigenvalue weighted by Gasteiger charge is 2.37. The molecule has 0 aliphatic carbocycles. The maximum absolute atomic E-state index is 13.2. The standard InChI is InChI=1S/C28H20N4O4/c29-19-9-4-8-18(14-19)26(34)31-21-12-13-23-24(16-21)28(36)32(27(23)35)22-11-5-10-20(15-22)30-25(33)17-6-2-1-3-7-17/h1-16H,29H2,(H,30,33)(H,31,34). The highest BCUT2D eigenvalue weighted by molar-refractivity contribution is 6.34. The van der Waals surface area contributed by atoms with Gasteiger partial charge in [0.1, 0.15) is 0 Å². The minimum Gasteiger partial charge on any atom is -0.399 e. The van der Waals surface area contributed by atoms with Crippen LogP contribution in [-0.4, -0.2) is 23.6 Å². The Morgan fingerprint density at radius 2 is 1.25 bits per heavy atom. The van der Waals surface area contributed by atoms with Crippen molar-refractivity contribution in [1.82, 2.24) is 0 Å². The van der Waals surface area contributed by atoms with Crippen molar-refractivity contribution in [3.05, 3.63) is 119 Å². The molecular formula is C28H20N4O4. The second-order valence-electron chi connectivity index (χ2n) is 8.16. The minimum atomic E-state index is -0.526. The lowest BCUT2D eigenvalue weighted by molar-refractivity contribution is 0.0924. The fraction of sp³-hybridized carbons (Fsp3) is 0. The van der Waals surface area contributed by atoms with Gasteiger partial charge in [-0.15, -0.1) is 0 Å². The van der Waals surface area contributed by atoms with E-state index in [1.807, 2.05) is 6.07 Å². The van der Waals surface area contributed by atoms with E-state index in [1.54, 1.807) is 78.9 Å². The largest absolute Gasteiger partial charge is 0.399 e. The number of imide groups is 1. The van der Waals surface area contributed by atoms with E-state index in [9.17, 15) is 19.2 Å². The number of hydrogen-bond donors (Lipinski definition) is 3. The molecular weight excluding hydrogens is 456 g/mol. The zero-order valence-corrected chi connectivity index (χ0v) is 18.9. The van der Waals surface area contributed by atoms with E-state index in [0.717, 1.165) is 4.90 Å². The molecule has 1 heterocycles. The molecule has 0 spiro atoms. The number of anilines is 4. The summed E-state index contributed by atoms with van der Waals surface area (Å²) < 4.78 is 0. The summed E-state index contributed by atoms with van der Waals surface area (Å²) >= 11 is 0. The highest BCUT2D eigenvalue weighted by atomic mass is 16.2. The topological polar surface area (TPSA) is 122 Å². The lowest BCUT2D eigenvalue weighted by atomic mass is 10.1. The van der Waals surface area contributed by atoms with E-state index in [0.29, 0.717) is 33.9 Å². The molecule has 4 amide bonds. The molecule has 0 bridgehead atoms. The number of hydrogen-bond acceptors (Lipinski definition) is 5. The Morgan fingerprint density at radius 3 is 2.00 bits per heavy atom. The van der Waals surface area contributed by atoms with Crippen molar-refractivity contribution >= 4 is 46.4 Å². The summed E-state index contributed by atoms with van der Waals surface area (Å²) in [7, 11) is 0. The van der Waals surface area contributed by atoms with Crippen LogP contribution in [0.25, 0.3) is 0 Å². The van der Waals surface area contributed by atoms with Crippen LogP contribution in [-0.2, 0) is 0 Å².